The van der Waals surface area contributed by atoms with Crippen LogP contribution in [0.15, 0.2) is 42.5 Å². The van der Waals surface area contributed by atoms with Crippen LogP contribution >= 0.6 is 0 Å². The van der Waals surface area contributed by atoms with Crippen molar-refractivity contribution >= 4 is 11.8 Å². The lowest BCUT2D eigenvalue weighted by Gasteiger charge is -2.30. The van der Waals surface area contributed by atoms with Gasteiger partial charge < -0.3 is 15.5 Å². The van der Waals surface area contributed by atoms with E-state index in [-0.39, 0.29) is 37.8 Å². The average Bonchev–Trinajstić information content (AvgIpc) is 3.63. The van der Waals surface area contributed by atoms with Crippen LogP contribution < -0.4 is 10.6 Å². The molecule has 1 aliphatic rings. The second kappa shape index (κ2) is 11.0. The highest BCUT2D eigenvalue weighted by Crippen LogP contribution is 2.66. The van der Waals surface area contributed by atoms with Crippen molar-refractivity contribution in [2.24, 2.45) is 5.41 Å². The third-order valence-electron chi connectivity index (χ3n) is 7.23. The molecule has 0 unspecified atom stereocenters. The Morgan fingerprint density at radius 2 is 1.72 bits per heavy atom. The molecular formula is C27H33F4N3O2. The number of alkyl halides is 3. The zero-order valence-electron chi connectivity index (χ0n) is 21.0. The smallest absolute Gasteiger partial charge is 0.355 e. The molecular weight excluding hydrogens is 474 g/mol. The van der Waals surface area contributed by atoms with Crippen LogP contribution in [0.4, 0.5) is 17.6 Å². The van der Waals surface area contributed by atoms with E-state index in [1.807, 2.05) is 32.0 Å². The van der Waals surface area contributed by atoms with Gasteiger partial charge in [0.05, 0.1) is 5.41 Å². The molecule has 2 amide bonds. The van der Waals surface area contributed by atoms with E-state index >= 15 is 0 Å². The number of nitrogens with zero attached hydrogens (tertiary/aromatic N) is 1. The number of rotatable bonds is 10. The Balaban J connectivity index is 1.70. The maximum Gasteiger partial charge on any atom is 0.395 e. The molecule has 3 rings (SSSR count). The number of likely N-dealkylation sites (N-methyl/N-ethyl adjacent to an activating group) is 1. The largest absolute Gasteiger partial charge is 0.395 e. The lowest BCUT2D eigenvalue weighted by Crippen LogP contribution is -2.43. The van der Waals surface area contributed by atoms with Gasteiger partial charge in [-0.3, -0.25) is 9.59 Å². The van der Waals surface area contributed by atoms with Crippen LogP contribution in [0.2, 0.25) is 0 Å². The van der Waals surface area contributed by atoms with E-state index in [0.717, 1.165) is 23.3 Å². The van der Waals surface area contributed by atoms with E-state index in [1.54, 1.807) is 19.2 Å². The third kappa shape index (κ3) is 6.24. The molecule has 5 nitrogen and oxygen atoms in total. The van der Waals surface area contributed by atoms with Gasteiger partial charge in [0.15, 0.2) is 0 Å². The summed E-state index contributed by atoms with van der Waals surface area (Å²) < 4.78 is 55.2. The topological polar surface area (TPSA) is 61.4 Å². The summed E-state index contributed by atoms with van der Waals surface area (Å²) in [4.78, 5) is 26.7. The quantitative estimate of drug-likeness (QED) is 0.462. The second-order valence-corrected chi connectivity index (χ2v) is 9.81. The Morgan fingerprint density at radius 3 is 2.22 bits per heavy atom. The second-order valence-electron chi connectivity index (χ2n) is 9.81. The monoisotopic (exact) mass is 507 g/mol. The first-order chi connectivity index (χ1) is 16.9. The van der Waals surface area contributed by atoms with Crippen molar-refractivity contribution in [1.82, 2.24) is 15.5 Å². The maximum absolute atomic E-state index is 13.9. The fourth-order valence-corrected chi connectivity index (χ4v) is 4.68. The Morgan fingerprint density at radius 1 is 1.08 bits per heavy atom. The van der Waals surface area contributed by atoms with Crippen molar-refractivity contribution in [2.75, 3.05) is 27.7 Å². The minimum absolute atomic E-state index is 0.0442. The number of halogens is 4. The van der Waals surface area contributed by atoms with Crippen molar-refractivity contribution in [3.63, 3.8) is 0 Å². The summed E-state index contributed by atoms with van der Waals surface area (Å²) in [6.07, 6.45) is -4.28. The lowest BCUT2D eigenvalue weighted by atomic mass is 9.80. The molecule has 0 radical (unpaired) electrons. The average molecular weight is 508 g/mol. The number of hydrogen-bond acceptors (Lipinski definition) is 3. The van der Waals surface area contributed by atoms with Gasteiger partial charge in [0, 0.05) is 37.5 Å². The van der Waals surface area contributed by atoms with Gasteiger partial charge in [-0.2, -0.15) is 13.2 Å². The first-order valence-corrected chi connectivity index (χ1v) is 11.9. The Bertz CT molecular complexity index is 1080. The fraction of sp³-hybridized carbons (Fsp3) is 0.481. The van der Waals surface area contributed by atoms with E-state index in [4.69, 9.17) is 0 Å². The Kier molecular flexibility index (Phi) is 8.44. The first-order valence-electron chi connectivity index (χ1n) is 11.9. The molecule has 0 heterocycles. The van der Waals surface area contributed by atoms with Crippen molar-refractivity contribution in [2.45, 2.75) is 50.7 Å². The highest BCUT2D eigenvalue weighted by molar-refractivity contribution is 5.94. The molecule has 0 bridgehead atoms. The Hall–Kier alpha value is -2.94. The molecule has 1 saturated carbocycles. The van der Waals surface area contributed by atoms with E-state index in [0.29, 0.717) is 17.5 Å². The molecule has 196 valence electrons. The SMILES string of the molecule is CNC(=O)c1ccc(C[C@@H](CNC(=O)C[C@@H](c2ccc(F)cc2)C2(C(F)(F)F)CC2)N(C)C)c(C)c1. The van der Waals surface area contributed by atoms with Gasteiger partial charge in [0.2, 0.25) is 5.91 Å². The summed E-state index contributed by atoms with van der Waals surface area (Å²) in [5, 5.41) is 5.41. The van der Waals surface area contributed by atoms with Crippen LogP contribution in [0.5, 0.6) is 0 Å². The van der Waals surface area contributed by atoms with Gasteiger partial charge in [-0.1, -0.05) is 18.2 Å². The summed E-state index contributed by atoms with van der Waals surface area (Å²) in [6.45, 7) is 2.16. The molecule has 0 aromatic heterocycles. The number of hydrogen-bond donors (Lipinski definition) is 2. The van der Waals surface area contributed by atoms with Gasteiger partial charge in [-0.15, -0.1) is 0 Å². The Labute approximate surface area is 209 Å². The number of benzene rings is 2. The van der Waals surface area contributed by atoms with E-state index in [9.17, 15) is 27.2 Å². The normalized spacial score (nSPS) is 16.4. The van der Waals surface area contributed by atoms with Gasteiger partial charge in [-0.05, 0) is 81.2 Å². The lowest BCUT2D eigenvalue weighted by molar-refractivity contribution is -0.194. The maximum atomic E-state index is 13.9. The van der Waals surface area contributed by atoms with E-state index < -0.39 is 29.2 Å². The highest BCUT2D eigenvalue weighted by atomic mass is 19.4. The minimum atomic E-state index is -4.45. The summed E-state index contributed by atoms with van der Waals surface area (Å²) in [7, 11) is 5.31. The molecule has 2 N–H and O–H groups in total. The van der Waals surface area contributed by atoms with Crippen molar-refractivity contribution in [1.29, 1.82) is 0 Å². The molecule has 1 fully saturated rings. The standard InChI is InChI=1S/C27H33F4N3O2/c1-17-13-20(25(36)32-2)6-5-19(17)14-22(34(3)4)16-33-24(35)15-23(18-7-9-21(28)10-8-18)26(11-12-26)27(29,30)31/h5-10,13,22-23H,11-12,14-16H2,1-4H3,(H,32,36)(H,33,35)/t22-,23-/m0/s1. The van der Waals surface area contributed by atoms with Gasteiger partial charge in [-0.25, -0.2) is 4.39 Å². The summed E-state index contributed by atoms with van der Waals surface area (Å²) >= 11 is 0. The van der Waals surface area contributed by atoms with Crippen molar-refractivity contribution < 1.29 is 27.2 Å². The van der Waals surface area contributed by atoms with E-state index in [2.05, 4.69) is 10.6 Å². The molecule has 2 aromatic carbocycles. The molecule has 0 spiro atoms. The van der Waals surface area contributed by atoms with Crippen LogP contribution in [-0.2, 0) is 11.2 Å². The number of carbonyl (C=O) groups excluding carboxylic acids is 2. The number of nitrogens with one attached hydrogen (secondary N) is 2. The third-order valence-corrected chi connectivity index (χ3v) is 7.23. The predicted molar refractivity (Wildman–Crippen MR) is 130 cm³/mol. The zero-order chi connectivity index (χ0) is 26.7. The fourth-order valence-electron chi connectivity index (χ4n) is 4.68. The predicted octanol–water partition coefficient (Wildman–Crippen LogP) is 4.60. The van der Waals surface area contributed by atoms with Gasteiger partial charge >= 0.3 is 6.18 Å². The molecule has 9 heteroatoms. The van der Waals surface area contributed by atoms with Crippen LogP contribution in [0, 0.1) is 18.2 Å². The van der Waals surface area contributed by atoms with E-state index in [1.165, 1.54) is 12.1 Å². The summed E-state index contributed by atoms with van der Waals surface area (Å²) in [5.41, 5.74) is 0.865. The van der Waals surface area contributed by atoms with Gasteiger partial charge in [0.25, 0.3) is 5.91 Å². The summed E-state index contributed by atoms with van der Waals surface area (Å²) in [5.74, 6) is -2.26. The number of amides is 2. The first kappa shape index (κ1) is 27.6. The number of aryl methyl sites for hydroxylation is 1. The van der Waals surface area contributed by atoms with Gasteiger partial charge in [0.1, 0.15) is 5.82 Å². The summed E-state index contributed by atoms with van der Waals surface area (Å²) in [6, 6.07) is 10.3. The van der Waals surface area contributed by atoms with Crippen LogP contribution in [0.3, 0.4) is 0 Å². The highest BCUT2D eigenvalue weighted by Gasteiger charge is 2.67. The van der Waals surface area contributed by atoms with Crippen molar-refractivity contribution in [3.8, 4) is 0 Å². The molecule has 2 atom stereocenters. The van der Waals surface area contributed by atoms with Crippen molar-refractivity contribution in [3.05, 3.63) is 70.5 Å². The molecule has 36 heavy (non-hydrogen) atoms. The van der Waals surface area contributed by atoms with Crippen LogP contribution in [0.25, 0.3) is 0 Å². The number of carbonyl (C=O) groups is 2. The molecule has 0 aliphatic heterocycles. The minimum Gasteiger partial charge on any atom is -0.355 e. The molecule has 1 aliphatic carbocycles. The van der Waals surface area contributed by atoms with Crippen LogP contribution in [0.1, 0.15) is 52.2 Å². The molecule has 2 aromatic rings. The van der Waals surface area contributed by atoms with Crippen LogP contribution in [-0.4, -0.2) is 56.6 Å². The zero-order valence-corrected chi connectivity index (χ0v) is 21.0. The molecule has 0 saturated heterocycles.